The Morgan fingerprint density at radius 1 is 1.29 bits per heavy atom. The third kappa shape index (κ3) is 3.01. The average molecular weight is 328 g/mol. The standard InChI is InChI=1S/C18H20N2O4/c21-18(17-4-2-10-22-17)20-9-7-16-15(20)6-5-14(24-16)12-23-13-3-1-8-19-11-13/h1-4,8,10-11,14-16H,5-7,9,12H2/t14-,15-,16-/m0/s1. The number of nitrogens with zero attached hydrogens (tertiary/aromatic N) is 2. The van der Waals surface area contributed by atoms with Crippen LogP contribution < -0.4 is 4.74 Å². The lowest BCUT2D eigenvalue weighted by molar-refractivity contribution is -0.0804. The molecule has 2 aromatic rings. The van der Waals surface area contributed by atoms with E-state index in [1.165, 1.54) is 6.26 Å². The minimum atomic E-state index is -0.0406. The van der Waals surface area contributed by atoms with Crippen molar-refractivity contribution in [2.75, 3.05) is 13.2 Å². The maximum absolute atomic E-state index is 12.5. The first-order valence-electron chi connectivity index (χ1n) is 8.34. The number of rotatable bonds is 4. The van der Waals surface area contributed by atoms with Crippen molar-refractivity contribution in [2.45, 2.75) is 37.5 Å². The van der Waals surface area contributed by atoms with Crippen LogP contribution in [0.2, 0.25) is 0 Å². The van der Waals surface area contributed by atoms with Gasteiger partial charge >= 0.3 is 0 Å². The lowest BCUT2D eigenvalue weighted by Gasteiger charge is -2.35. The highest BCUT2D eigenvalue weighted by molar-refractivity contribution is 5.91. The van der Waals surface area contributed by atoms with E-state index in [1.807, 2.05) is 17.0 Å². The summed E-state index contributed by atoms with van der Waals surface area (Å²) in [4.78, 5) is 18.4. The molecular weight excluding hydrogens is 308 g/mol. The Labute approximate surface area is 140 Å². The van der Waals surface area contributed by atoms with Gasteiger partial charge in [-0.3, -0.25) is 9.78 Å². The molecule has 2 aromatic heterocycles. The van der Waals surface area contributed by atoms with Crippen molar-refractivity contribution < 1.29 is 18.7 Å². The summed E-state index contributed by atoms with van der Waals surface area (Å²) in [6.45, 7) is 1.23. The van der Waals surface area contributed by atoms with Crippen LogP contribution >= 0.6 is 0 Å². The van der Waals surface area contributed by atoms with Crippen molar-refractivity contribution >= 4 is 5.91 Å². The number of carbonyl (C=O) groups is 1. The summed E-state index contributed by atoms with van der Waals surface area (Å²) in [5.74, 6) is 1.11. The van der Waals surface area contributed by atoms with Crippen LogP contribution in [-0.4, -0.2) is 47.2 Å². The molecule has 2 fully saturated rings. The van der Waals surface area contributed by atoms with Gasteiger partial charge in [-0.05, 0) is 43.5 Å². The van der Waals surface area contributed by atoms with Gasteiger partial charge in [0.2, 0.25) is 0 Å². The summed E-state index contributed by atoms with van der Waals surface area (Å²) < 4.78 is 17.1. The monoisotopic (exact) mass is 328 g/mol. The van der Waals surface area contributed by atoms with Gasteiger partial charge in [0.05, 0.1) is 30.7 Å². The fraction of sp³-hybridized carbons (Fsp3) is 0.444. The van der Waals surface area contributed by atoms with Gasteiger partial charge in [0.25, 0.3) is 5.91 Å². The average Bonchev–Trinajstić information content (AvgIpc) is 3.30. The Kier molecular flexibility index (Phi) is 4.21. The zero-order valence-corrected chi connectivity index (χ0v) is 13.3. The highest BCUT2D eigenvalue weighted by Crippen LogP contribution is 2.32. The van der Waals surface area contributed by atoms with Crippen LogP contribution in [0.25, 0.3) is 0 Å². The molecule has 1 amide bonds. The fourth-order valence-corrected chi connectivity index (χ4v) is 3.54. The van der Waals surface area contributed by atoms with E-state index in [2.05, 4.69) is 4.98 Å². The molecule has 6 heteroatoms. The Morgan fingerprint density at radius 3 is 3.04 bits per heavy atom. The predicted molar refractivity (Wildman–Crippen MR) is 85.8 cm³/mol. The van der Waals surface area contributed by atoms with Crippen molar-refractivity contribution in [3.8, 4) is 5.75 Å². The molecule has 6 nitrogen and oxygen atoms in total. The molecular formula is C18H20N2O4. The number of likely N-dealkylation sites (tertiary alicyclic amines) is 1. The molecule has 0 saturated carbocycles. The zero-order chi connectivity index (χ0) is 16.4. The van der Waals surface area contributed by atoms with Crippen LogP contribution in [-0.2, 0) is 4.74 Å². The highest BCUT2D eigenvalue weighted by Gasteiger charge is 2.42. The number of hydrogen-bond acceptors (Lipinski definition) is 5. The molecule has 3 atom stereocenters. The van der Waals surface area contributed by atoms with E-state index in [1.54, 1.807) is 24.5 Å². The smallest absolute Gasteiger partial charge is 0.289 e. The molecule has 2 aliphatic heterocycles. The number of aromatic nitrogens is 1. The number of hydrogen-bond donors (Lipinski definition) is 0. The number of fused-ring (bicyclic) bond motifs is 1. The van der Waals surface area contributed by atoms with Crippen molar-refractivity contribution in [3.05, 3.63) is 48.7 Å². The molecule has 24 heavy (non-hydrogen) atoms. The van der Waals surface area contributed by atoms with Gasteiger partial charge in [-0.25, -0.2) is 0 Å². The molecule has 0 N–H and O–H groups in total. The summed E-state index contributed by atoms with van der Waals surface area (Å²) in [6.07, 6.45) is 7.76. The van der Waals surface area contributed by atoms with Crippen molar-refractivity contribution in [3.63, 3.8) is 0 Å². The normalized spacial score (nSPS) is 26.2. The van der Waals surface area contributed by atoms with Gasteiger partial charge in [-0.2, -0.15) is 0 Å². The van der Waals surface area contributed by atoms with E-state index < -0.39 is 0 Å². The number of amides is 1. The van der Waals surface area contributed by atoms with Crippen molar-refractivity contribution in [1.82, 2.24) is 9.88 Å². The van der Waals surface area contributed by atoms with Crippen molar-refractivity contribution in [1.29, 1.82) is 0 Å². The molecule has 0 spiro atoms. The second-order valence-corrected chi connectivity index (χ2v) is 6.21. The lowest BCUT2D eigenvalue weighted by atomic mass is 9.99. The van der Waals surface area contributed by atoms with Crippen LogP contribution in [0.1, 0.15) is 29.8 Å². The minimum absolute atomic E-state index is 0.0406. The first-order valence-corrected chi connectivity index (χ1v) is 8.34. The van der Waals surface area contributed by atoms with Gasteiger partial charge in [0.15, 0.2) is 5.76 Å². The highest BCUT2D eigenvalue weighted by atomic mass is 16.5. The number of carbonyl (C=O) groups excluding carboxylic acids is 1. The first-order chi connectivity index (χ1) is 11.8. The maximum atomic E-state index is 12.5. The quantitative estimate of drug-likeness (QED) is 0.863. The van der Waals surface area contributed by atoms with Crippen LogP contribution in [0.5, 0.6) is 5.75 Å². The third-order valence-corrected chi connectivity index (χ3v) is 4.70. The van der Waals surface area contributed by atoms with Gasteiger partial charge in [0.1, 0.15) is 12.4 Å². The minimum Gasteiger partial charge on any atom is -0.489 e. The van der Waals surface area contributed by atoms with E-state index in [-0.39, 0.29) is 24.2 Å². The number of ether oxygens (including phenoxy) is 2. The molecule has 4 rings (SSSR count). The van der Waals surface area contributed by atoms with Gasteiger partial charge in [-0.1, -0.05) is 0 Å². The Hall–Kier alpha value is -2.34. The molecule has 126 valence electrons. The number of furan rings is 1. The van der Waals surface area contributed by atoms with E-state index >= 15 is 0 Å². The van der Waals surface area contributed by atoms with Gasteiger partial charge < -0.3 is 18.8 Å². The lowest BCUT2D eigenvalue weighted by Crippen LogP contribution is -2.46. The van der Waals surface area contributed by atoms with Crippen LogP contribution in [0.15, 0.2) is 47.3 Å². The van der Waals surface area contributed by atoms with E-state index in [0.717, 1.165) is 25.0 Å². The fourth-order valence-electron chi connectivity index (χ4n) is 3.54. The van der Waals surface area contributed by atoms with Gasteiger partial charge in [-0.15, -0.1) is 0 Å². The van der Waals surface area contributed by atoms with E-state index in [9.17, 15) is 4.79 Å². The summed E-state index contributed by atoms with van der Waals surface area (Å²) in [7, 11) is 0. The van der Waals surface area contributed by atoms with Crippen LogP contribution in [0.3, 0.4) is 0 Å². The Morgan fingerprint density at radius 2 is 2.25 bits per heavy atom. The summed E-state index contributed by atoms with van der Waals surface area (Å²) in [5, 5.41) is 0. The molecule has 2 aliphatic rings. The summed E-state index contributed by atoms with van der Waals surface area (Å²) in [5.41, 5.74) is 0. The summed E-state index contributed by atoms with van der Waals surface area (Å²) >= 11 is 0. The Balaban J connectivity index is 1.33. The SMILES string of the molecule is O=C(c1ccco1)N1CC[C@@H]2O[C@H](COc3cccnc3)CC[C@@H]21. The summed E-state index contributed by atoms with van der Waals surface area (Å²) in [6, 6.07) is 7.32. The van der Waals surface area contributed by atoms with Crippen LogP contribution in [0.4, 0.5) is 0 Å². The topological polar surface area (TPSA) is 64.8 Å². The Bertz CT molecular complexity index is 674. The molecule has 0 aromatic carbocycles. The molecule has 0 unspecified atom stereocenters. The van der Waals surface area contributed by atoms with Gasteiger partial charge in [0, 0.05) is 12.7 Å². The maximum Gasteiger partial charge on any atom is 0.289 e. The second-order valence-electron chi connectivity index (χ2n) is 6.21. The molecule has 0 aliphatic carbocycles. The predicted octanol–water partition coefficient (Wildman–Crippen LogP) is 2.52. The van der Waals surface area contributed by atoms with E-state index in [0.29, 0.717) is 18.9 Å². The van der Waals surface area contributed by atoms with E-state index in [4.69, 9.17) is 13.9 Å². The molecule has 2 saturated heterocycles. The molecule has 0 radical (unpaired) electrons. The molecule has 0 bridgehead atoms. The zero-order valence-electron chi connectivity index (χ0n) is 13.3. The molecule has 4 heterocycles. The third-order valence-electron chi connectivity index (χ3n) is 4.70. The number of pyridine rings is 1. The van der Waals surface area contributed by atoms with Crippen LogP contribution in [0, 0.1) is 0 Å². The second kappa shape index (κ2) is 6.65. The van der Waals surface area contributed by atoms with Crippen molar-refractivity contribution in [2.24, 2.45) is 0 Å². The largest absolute Gasteiger partial charge is 0.489 e. The first kappa shape index (κ1) is 15.2.